The zero-order chi connectivity index (χ0) is 14.3. The standard InChI is InChI=1S/C16H27NO2/c1-6-13(7-2)19-16-11-14(18-5)9-10-15(16)12(4)17-8-3/h9-13,17H,6-8H2,1-5H3. The lowest BCUT2D eigenvalue weighted by molar-refractivity contribution is 0.189. The van der Waals surface area contributed by atoms with Crippen molar-refractivity contribution in [3.8, 4) is 11.5 Å². The molecule has 0 radical (unpaired) electrons. The monoisotopic (exact) mass is 265 g/mol. The highest BCUT2D eigenvalue weighted by atomic mass is 16.5. The van der Waals surface area contributed by atoms with Crippen molar-refractivity contribution in [1.29, 1.82) is 0 Å². The third-order valence-electron chi connectivity index (χ3n) is 3.40. The van der Waals surface area contributed by atoms with Gasteiger partial charge in [-0.05, 0) is 32.4 Å². The normalized spacial score (nSPS) is 12.5. The summed E-state index contributed by atoms with van der Waals surface area (Å²) in [5, 5.41) is 3.43. The molecular weight excluding hydrogens is 238 g/mol. The highest BCUT2D eigenvalue weighted by Crippen LogP contribution is 2.31. The van der Waals surface area contributed by atoms with Crippen LogP contribution in [0.4, 0.5) is 0 Å². The molecule has 1 rings (SSSR count). The van der Waals surface area contributed by atoms with Gasteiger partial charge >= 0.3 is 0 Å². The number of ether oxygens (including phenoxy) is 2. The van der Waals surface area contributed by atoms with Gasteiger partial charge in [-0.25, -0.2) is 0 Å². The van der Waals surface area contributed by atoms with E-state index in [9.17, 15) is 0 Å². The summed E-state index contributed by atoms with van der Waals surface area (Å²) >= 11 is 0. The van der Waals surface area contributed by atoms with Crippen molar-refractivity contribution in [2.24, 2.45) is 0 Å². The molecule has 1 aromatic carbocycles. The molecular formula is C16H27NO2. The molecule has 108 valence electrons. The molecule has 0 heterocycles. The lowest BCUT2D eigenvalue weighted by atomic mass is 10.1. The van der Waals surface area contributed by atoms with E-state index in [1.165, 1.54) is 5.56 Å². The highest BCUT2D eigenvalue weighted by molar-refractivity contribution is 5.42. The van der Waals surface area contributed by atoms with Crippen LogP contribution in [0, 0.1) is 0 Å². The Hall–Kier alpha value is -1.22. The van der Waals surface area contributed by atoms with E-state index in [2.05, 4.69) is 39.1 Å². The molecule has 0 bridgehead atoms. The van der Waals surface area contributed by atoms with Crippen molar-refractivity contribution in [2.45, 2.75) is 52.7 Å². The van der Waals surface area contributed by atoms with E-state index in [0.29, 0.717) is 0 Å². The van der Waals surface area contributed by atoms with Gasteiger partial charge in [0.2, 0.25) is 0 Å². The molecule has 0 aliphatic rings. The van der Waals surface area contributed by atoms with Crippen LogP contribution < -0.4 is 14.8 Å². The molecule has 0 aliphatic carbocycles. The maximum Gasteiger partial charge on any atom is 0.128 e. The van der Waals surface area contributed by atoms with Gasteiger partial charge in [0.1, 0.15) is 11.5 Å². The molecule has 3 heteroatoms. The van der Waals surface area contributed by atoms with Crippen LogP contribution in [0.25, 0.3) is 0 Å². The van der Waals surface area contributed by atoms with Crippen molar-refractivity contribution in [1.82, 2.24) is 5.32 Å². The lowest BCUT2D eigenvalue weighted by Crippen LogP contribution is -2.20. The van der Waals surface area contributed by atoms with E-state index in [4.69, 9.17) is 9.47 Å². The van der Waals surface area contributed by atoms with Gasteiger partial charge in [0.25, 0.3) is 0 Å². The summed E-state index contributed by atoms with van der Waals surface area (Å²) in [5.74, 6) is 1.77. The second-order valence-electron chi connectivity index (χ2n) is 4.74. The molecule has 19 heavy (non-hydrogen) atoms. The van der Waals surface area contributed by atoms with E-state index < -0.39 is 0 Å². The Balaban J connectivity index is 3.01. The van der Waals surface area contributed by atoms with Crippen LogP contribution in [-0.4, -0.2) is 19.8 Å². The number of benzene rings is 1. The summed E-state index contributed by atoms with van der Waals surface area (Å²) in [6.45, 7) is 9.52. The quantitative estimate of drug-likeness (QED) is 0.772. The Bertz CT molecular complexity index is 375. The zero-order valence-electron chi connectivity index (χ0n) is 12.8. The van der Waals surface area contributed by atoms with Gasteiger partial charge in [-0.15, -0.1) is 0 Å². The van der Waals surface area contributed by atoms with Crippen LogP contribution in [0.3, 0.4) is 0 Å². The summed E-state index contributed by atoms with van der Waals surface area (Å²) in [6, 6.07) is 6.34. The molecule has 0 spiro atoms. The van der Waals surface area contributed by atoms with Gasteiger partial charge in [-0.2, -0.15) is 0 Å². The van der Waals surface area contributed by atoms with E-state index in [0.717, 1.165) is 30.9 Å². The van der Waals surface area contributed by atoms with Crippen molar-refractivity contribution in [3.05, 3.63) is 23.8 Å². The second-order valence-corrected chi connectivity index (χ2v) is 4.74. The van der Waals surface area contributed by atoms with E-state index in [1.54, 1.807) is 7.11 Å². The molecule has 3 nitrogen and oxygen atoms in total. The molecule has 1 N–H and O–H groups in total. The van der Waals surface area contributed by atoms with Gasteiger partial charge in [-0.1, -0.05) is 26.8 Å². The average Bonchev–Trinajstić information content (AvgIpc) is 2.44. The third kappa shape index (κ3) is 4.43. The van der Waals surface area contributed by atoms with Gasteiger partial charge in [0.05, 0.1) is 13.2 Å². The lowest BCUT2D eigenvalue weighted by Gasteiger charge is -2.22. The molecule has 0 saturated carbocycles. The van der Waals surface area contributed by atoms with Crippen LogP contribution in [0.15, 0.2) is 18.2 Å². The SMILES string of the molecule is CCNC(C)c1ccc(OC)cc1OC(CC)CC. The number of hydrogen-bond acceptors (Lipinski definition) is 3. The first kappa shape index (κ1) is 15.8. The summed E-state index contributed by atoms with van der Waals surface area (Å²) in [7, 11) is 1.68. The fraction of sp³-hybridized carbons (Fsp3) is 0.625. The minimum atomic E-state index is 0.264. The first-order chi connectivity index (χ1) is 9.15. The van der Waals surface area contributed by atoms with Crippen molar-refractivity contribution >= 4 is 0 Å². The van der Waals surface area contributed by atoms with Gasteiger partial charge in [0, 0.05) is 17.7 Å². The van der Waals surface area contributed by atoms with Gasteiger partial charge in [-0.3, -0.25) is 0 Å². The molecule has 1 unspecified atom stereocenters. The Morgan fingerprint density at radius 2 is 1.84 bits per heavy atom. The highest BCUT2D eigenvalue weighted by Gasteiger charge is 2.15. The van der Waals surface area contributed by atoms with Crippen LogP contribution in [0.2, 0.25) is 0 Å². The smallest absolute Gasteiger partial charge is 0.128 e. The molecule has 1 aromatic rings. The van der Waals surface area contributed by atoms with Crippen molar-refractivity contribution in [3.63, 3.8) is 0 Å². The fourth-order valence-electron chi connectivity index (χ4n) is 2.15. The first-order valence-electron chi connectivity index (χ1n) is 7.24. The van der Waals surface area contributed by atoms with Crippen LogP contribution in [0.1, 0.15) is 52.1 Å². The third-order valence-corrected chi connectivity index (χ3v) is 3.40. The maximum atomic E-state index is 6.13. The second kappa shape index (κ2) is 8.05. The molecule has 0 fully saturated rings. The van der Waals surface area contributed by atoms with Crippen LogP contribution >= 0.6 is 0 Å². The summed E-state index contributed by atoms with van der Waals surface area (Å²) < 4.78 is 11.4. The molecule has 0 saturated heterocycles. The van der Waals surface area contributed by atoms with E-state index >= 15 is 0 Å². The van der Waals surface area contributed by atoms with E-state index in [1.807, 2.05) is 12.1 Å². The maximum absolute atomic E-state index is 6.13. The van der Waals surface area contributed by atoms with Crippen molar-refractivity contribution < 1.29 is 9.47 Å². The minimum absolute atomic E-state index is 0.264. The Labute approximate surface area is 117 Å². The molecule has 0 aliphatic heterocycles. The summed E-state index contributed by atoms with van der Waals surface area (Å²) in [6.07, 6.45) is 2.30. The van der Waals surface area contributed by atoms with Gasteiger partial charge < -0.3 is 14.8 Å². The fourth-order valence-corrected chi connectivity index (χ4v) is 2.15. The van der Waals surface area contributed by atoms with E-state index in [-0.39, 0.29) is 12.1 Å². The first-order valence-corrected chi connectivity index (χ1v) is 7.24. The number of rotatable bonds is 8. The Kier molecular flexibility index (Phi) is 6.71. The molecule has 0 aromatic heterocycles. The largest absolute Gasteiger partial charge is 0.497 e. The average molecular weight is 265 g/mol. The zero-order valence-corrected chi connectivity index (χ0v) is 12.8. The topological polar surface area (TPSA) is 30.5 Å². The van der Waals surface area contributed by atoms with Crippen molar-refractivity contribution in [2.75, 3.05) is 13.7 Å². The van der Waals surface area contributed by atoms with Gasteiger partial charge in [0.15, 0.2) is 0 Å². The Morgan fingerprint density at radius 3 is 2.37 bits per heavy atom. The predicted molar refractivity (Wildman–Crippen MR) is 80.1 cm³/mol. The number of nitrogens with one attached hydrogen (secondary N) is 1. The van der Waals surface area contributed by atoms with Crippen LogP contribution in [-0.2, 0) is 0 Å². The molecule has 0 amide bonds. The summed E-state index contributed by atoms with van der Waals surface area (Å²) in [5.41, 5.74) is 1.19. The minimum Gasteiger partial charge on any atom is -0.497 e. The summed E-state index contributed by atoms with van der Waals surface area (Å²) in [4.78, 5) is 0. The number of methoxy groups -OCH3 is 1. The Morgan fingerprint density at radius 1 is 1.16 bits per heavy atom. The molecule has 1 atom stereocenters. The van der Waals surface area contributed by atoms with Crippen LogP contribution in [0.5, 0.6) is 11.5 Å². The number of hydrogen-bond donors (Lipinski definition) is 1. The predicted octanol–water partition coefficient (Wildman–Crippen LogP) is 3.93.